The van der Waals surface area contributed by atoms with E-state index in [1.54, 1.807) is 27.4 Å². The molecule has 0 atom stereocenters. The summed E-state index contributed by atoms with van der Waals surface area (Å²) < 4.78 is 16.1. The molecule has 0 aliphatic rings. The fourth-order valence-electron chi connectivity index (χ4n) is 2.96. The number of carbonyl (C=O) groups is 1. The summed E-state index contributed by atoms with van der Waals surface area (Å²) >= 11 is 0. The number of allylic oxidation sites excluding steroid dienone is 1. The van der Waals surface area contributed by atoms with Crippen LogP contribution in [0.5, 0.6) is 17.2 Å². The first-order valence-corrected chi connectivity index (χ1v) is 9.12. The molecule has 1 N–H and O–H groups in total. The monoisotopic (exact) mass is 392 g/mol. The molecule has 1 aromatic heterocycles. The molecule has 0 unspecified atom stereocenters. The number of rotatable bonds is 7. The Bertz CT molecular complexity index is 1040. The number of aromatic amines is 1. The largest absolute Gasteiger partial charge is 0.493 e. The summed E-state index contributed by atoms with van der Waals surface area (Å²) in [6.45, 7) is 4.02. The Morgan fingerprint density at radius 3 is 2.21 bits per heavy atom. The van der Waals surface area contributed by atoms with Crippen LogP contribution < -0.4 is 14.2 Å². The highest BCUT2D eigenvalue weighted by Gasteiger charge is 2.15. The van der Waals surface area contributed by atoms with Crippen LogP contribution in [0.15, 0.2) is 42.5 Å². The number of aromatic nitrogens is 2. The van der Waals surface area contributed by atoms with Crippen molar-refractivity contribution in [3.05, 3.63) is 64.9 Å². The highest BCUT2D eigenvalue weighted by molar-refractivity contribution is 6.06. The molecule has 0 spiro atoms. The van der Waals surface area contributed by atoms with Gasteiger partial charge in [-0.1, -0.05) is 12.1 Å². The normalized spacial score (nSPS) is 10.9. The Kier molecular flexibility index (Phi) is 6.02. The molecular formula is C23H24N2O4. The van der Waals surface area contributed by atoms with Crippen LogP contribution in [-0.4, -0.2) is 37.3 Å². The van der Waals surface area contributed by atoms with E-state index in [0.29, 0.717) is 34.2 Å². The van der Waals surface area contributed by atoms with Crippen LogP contribution in [0, 0.1) is 13.8 Å². The maximum absolute atomic E-state index is 12.4. The van der Waals surface area contributed by atoms with Crippen LogP contribution in [0.3, 0.4) is 0 Å². The molecular weight excluding hydrogens is 368 g/mol. The van der Waals surface area contributed by atoms with Gasteiger partial charge in [0.05, 0.1) is 32.7 Å². The van der Waals surface area contributed by atoms with E-state index in [1.165, 1.54) is 6.08 Å². The number of hydrogen-bond donors (Lipinski definition) is 1. The quantitative estimate of drug-likeness (QED) is 0.469. The Hall–Kier alpha value is -3.54. The van der Waals surface area contributed by atoms with E-state index in [-0.39, 0.29) is 5.78 Å². The molecule has 0 fully saturated rings. The lowest BCUT2D eigenvalue weighted by Gasteiger charge is -2.13. The van der Waals surface area contributed by atoms with Crippen molar-refractivity contribution in [2.24, 2.45) is 0 Å². The predicted octanol–water partition coefficient (Wildman–Crippen LogP) is 4.62. The van der Waals surface area contributed by atoms with Crippen LogP contribution in [0.4, 0.5) is 0 Å². The molecule has 0 amide bonds. The number of benzene rings is 2. The zero-order valence-corrected chi connectivity index (χ0v) is 17.2. The zero-order valence-electron chi connectivity index (χ0n) is 17.2. The molecule has 150 valence electrons. The van der Waals surface area contributed by atoms with Crippen molar-refractivity contribution in [2.45, 2.75) is 13.8 Å². The molecule has 29 heavy (non-hydrogen) atoms. The first-order chi connectivity index (χ1) is 14.0. The number of nitrogens with zero attached hydrogens (tertiary/aromatic N) is 1. The number of ether oxygens (including phenoxy) is 3. The zero-order chi connectivity index (χ0) is 21.0. The third-order valence-corrected chi connectivity index (χ3v) is 4.76. The van der Waals surface area contributed by atoms with Gasteiger partial charge in [-0.05, 0) is 61.4 Å². The maximum Gasteiger partial charge on any atom is 0.203 e. The van der Waals surface area contributed by atoms with Gasteiger partial charge in [0.25, 0.3) is 0 Å². The molecule has 3 aromatic rings. The minimum Gasteiger partial charge on any atom is -0.493 e. The summed E-state index contributed by atoms with van der Waals surface area (Å²) in [6, 6.07) is 11.2. The van der Waals surface area contributed by atoms with Crippen molar-refractivity contribution >= 4 is 11.9 Å². The summed E-state index contributed by atoms with van der Waals surface area (Å²) in [6.07, 6.45) is 3.25. The van der Waals surface area contributed by atoms with Crippen molar-refractivity contribution in [2.75, 3.05) is 21.3 Å². The lowest BCUT2D eigenvalue weighted by atomic mass is 10.0. The number of ketones is 1. The van der Waals surface area contributed by atoms with Crippen LogP contribution >= 0.6 is 0 Å². The van der Waals surface area contributed by atoms with Crippen LogP contribution in [0.2, 0.25) is 0 Å². The van der Waals surface area contributed by atoms with Crippen molar-refractivity contribution < 1.29 is 19.0 Å². The Labute approximate surface area is 170 Å². The Balaban J connectivity index is 1.84. The third kappa shape index (κ3) is 4.32. The minimum atomic E-state index is -0.0583. The molecule has 1 heterocycles. The molecule has 0 aliphatic heterocycles. The second-order valence-electron chi connectivity index (χ2n) is 6.62. The summed E-state index contributed by atoms with van der Waals surface area (Å²) in [5.74, 6) is 1.56. The van der Waals surface area contributed by atoms with Gasteiger partial charge in [0, 0.05) is 11.1 Å². The van der Waals surface area contributed by atoms with E-state index in [4.69, 9.17) is 14.2 Å². The molecule has 6 nitrogen and oxygen atoms in total. The first-order valence-electron chi connectivity index (χ1n) is 9.12. The van der Waals surface area contributed by atoms with Gasteiger partial charge in [-0.25, -0.2) is 0 Å². The highest BCUT2D eigenvalue weighted by Crippen LogP contribution is 2.40. The van der Waals surface area contributed by atoms with Gasteiger partial charge in [0.1, 0.15) is 0 Å². The van der Waals surface area contributed by atoms with E-state index in [0.717, 1.165) is 16.7 Å². The van der Waals surface area contributed by atoms with Crippen LogP contribution in [0.25, 0.3) is 17.3 Å². The van der Waals surface area contributed by atoms with Gasteiger partial charge >= 0.3 is 0 Å². The van der Waals surface area contributed by atoms with Crippen molar-refractivity contribution in [3.63, 3.8) is 0 Å². The topological polar surface area (TPSA) is 73.4 Å². The molecule has 6 heteroatoms. The second-order valence-corrected chi connectivity index (χ2v) is 6.62. The maximum atomic E-state index is 12.4. The number of hydrogen-bond acceptors (Lipinski definition) is 5. The Morgan fingerprint density at radius 1 is 0.931 bits per heavy atom. The molecule has 2 aromatic carbocycles. The molecule has 0 saturated carbocycles. The summed E-state index contributed by atoms with van der Waals surface area (Å²) in [5.41, 5.74) is 5.13. The Morgan fingerprint density at radius 2 is 1.62 bits per heavy atom. The van der Waals surface area contributed by atoms with Gasteiger partial charge < -0.3 is 14.2 Å². The number of aryl methyl sites for hydroxylation is 2. The lowest BCUT2D eigenvalue weighted by Crippen LogP contribution is -1.95. The van der Waals surface area contributed by atoms with Crippen molar-refractivity contribution in [3.8, 4) is 28.5 Å². The fourth-order valence-corrected chi connectivity index (χ4v) is 2.96. The van der Waals surface area contributed by atoms with Gasteiger partial charge in [-0.2, -0.15) is 5.10 Å². The predicted molar refractivity (Wildman–Crippen MR) is 113 cm³/mol. The fraction of sp³-hybridized carbons (Fsp3) is 0.217. The van der Waals surface area contributed by atoms with Gasteiger partial charge in [-0.15, -0.1) is 0 Å². The lowest BCUT2D eigenvalue weighted by molar-refractivity contribution is 0.104. The minimum absolute atomic E-state index is 0.0583. The number of methoxy groups -OCH3 is 3. The molecule has 0 radical (unpaired) electrons. The van der Waals surface area contributed by atoms with Crippen molar-refractivity contribution in [1.29, 1.82) is 0 Å². The summed E-state index contributed by atoms with van der Waals surface area (Å²) in [4.78, 5) is 12.4. The van der Waals surface area contributed by atoms with E-state index in [9.17, 15) is 4.79 Å². The molecule has 0 aliphatic carbocycles. The highest BCUT2D eigenvalue weighted by atomic mass is 16.5. The average molecular weight is 392 g/mol. The van der Waals surface area contributed by atoms with Gasteiger partial charge in [-0.3, -0.25) is 9.89 Å². The average Bonchev–Trinajstić information content (AvgIpc) is 3.21. The molecule has 3 rings (SSSR count). The summed E-state index contributed by atoms with van der Waals surface area (Å²) in [7, 11) is 4.69. The van der Waals surface area contributed by atoms with E-state index in [1.807, 2.05) is 50.2 Å². The number of nitrogens with one attached hydrogen (secondary N) is 1. The van der Waals surface area contributed by atoms with Crippen LogP contribution in [-0.2, 0) is 0 Å². The number of H-pyrrole nitrogens is 1. The third-order valence-electron chi connectivity index (χ3n) is 4.76. The smallest absolute Gasteiger partial charge is 0.203 e. The molecule has 0 saturated heterocycles. The van der Waals surface area contributed by atoms with Crippen molar-refractivity contribution in [1.82, 2.24) is 10.2 Å². The van der Waals surface area contributed by atoms with E-state index >= 15 is 0 Å². The van der Waals surface area contributed by atoms with E-state index < -0.39 is 0 Å². The van der Waals surface area contributed by atoms with Gasteiger partial charge in [0.15, 0.2) is 17.3 Å². The SMILES string of the molecule is COc1cc(-c2cc(C=CC(=O)c3ccc(C)c(C)c3)[nH]n2)cc(OC)c1OC. The molecule has 0 bridgehead atoms. The van der Waals surface area contributed by atoms with E-state index in [2.05, 4.69) is 10.2 Å². The summed E-state index contributed by atoms with van der Waals surface area (Å²) in [5, 5.41) is 7.26. The first kappa shape index (κ1) is 20.2. The van der Waals surface area contributed by atoms with Gasteiger partial charge in [0.2, 0.25) is 5.75 Å². The second kappa shape index (κ2) is 8.65. The number of carbonyl (C=O) groups excluding carboxylic acids is 1. The standard InChI is InChI=1S/C23H24N2O4/c1-14-6-7-16(10-15(14)2)20(26)9-8-18-13-19(25-24-18)17-11-21(27-3)23(29-5)22(12-17)28-4/h6-13H,1-5H3,(H,24,25). The van der Waals surface area contributed by atoms with Crippen LogP contribution in [0.1, 0.15) is 27.2 Å².